The van der Waals surface area contributed by atoms with Crippen LogP contribution in [-0.4, -0.2) is 10.5 Å². The number of aromatic nitrogens is 1. The van der Waals surface area contributed by atoms with Crippen LogP contribution in [0.5, 0.6) is 0 Å². The molecule has 0 aliphatic carbocycles. The summed E-state index contributed by atoms with van der Waals surface area (Å²) in [6, 6.07) is 16.5. The van der Waals surface area contributed by atoms with Crippen LogP contribution < -0.4 is 5.32 Å². The first-order valence-electron chi connectivity index (χ1n) is 8.32. The number of thiophene rings is 1. The number of amides is 1. The Balaban J connectivity index is 1.45. The van der Waals surface area contributed by atoms with Crippen molar-refractivity contribution in [3.05, 3.63) is 82.9 Å². The Bertz CT molecular complexity index is 1040. The van der Waals surface area contributed by atoms with Gasteiger partial charge in [0.15, 0.2) is 0 Å². The van der Waals surface area contributed by atoms with Gasteiger partial charge in [-0.1, -0.05) is 18.2 Å². The Hall–Kier alpha value is -2.92. The van der Waals surface area contributed by atoms with Gasteiger partial charge in [0.25, 0.3) is 0 Å². The van der Waals surface area contributed by atoms with E-state index >= 15 is 0 Å². The molecule has 3 nitrogen and oxygen atoms in total. The lowest BCUT2D eigenvalue weighted by Gasteiger charge is -2.08. The summed E-state index contributed by atoms with van der Waals surface area (Å²) < 4.78 is 14.9. The molecule has 0 atom stereocenters. The zero-order valence-corrected chi connectivity index (χ0v) is 14.8. The first-order chi connectivity index (χ1) is 12.7. The molecule has 26 heavy (non-hydrogen) atoms. The number of benzene rings is 2. The Kier molecular flexibility index (Phi) is 4.54. The maximum absolute atomic E-state index is 12.9. The second-order valence-corrected chi connectivity index (χ2v) is 6.91. The van der Waals surface area contributed by atoms with Gasteiger partial charge in [-0.15, -0.1) is 0 Å². The molecule has 1 amide bonds. The van der Waals surface area contributed by atoms with Crippen LogP contribution >= 0.6 is 11.3 Å². The van der Waals surface area contributed by atoms with Gasteiger partial charge in [-0.3, -0.25) is 4.79 Å². The van der Waals surface area contributed by atoms with Gasteiger partial charge in [-0.25, -0.2) is 4.39 Å². The number of nitrogens with one attached hydrogen (secondary N) is 1. The van der Waals surface area contributed by atoms with E-state index in [1.54, 1.807) is 23.5 Å². The van der Waals surface area contributed by atoms with Crippen LogP contribution in [0.15, 0.2) is 71.6 Å². The average Bonchev–Trinajstić information content (AvgIpc) is 3.31. The number of carbonyl (C=O) groups is 1. The van der Waals surface area contributed by atoms with Crippen LogP contribution in [0.25, 0.3) is 22.0 Å². The first kappa shape index (κ1) is 16.5. The molecule has 5 heteroatoms. The molecular formula is C21H17FN2OS. The Morgan fingerprint density at radius 1 is 1.04 bits per heavy atom. The molecule has 0 saturated heterocycles. The Morgan fingerprint density at radius 3 is 2.65 bits per heavy atom. The number of hydrogen-bond donors (Lipinski definition) is 1. The molecule has 0 fully saturated rings. The van der Waals surface area contributed by atoms with E-state index in [2.05, 4.69) is 40.3 Å². The monoisotopic (exact) mass is 364 g/mol. The highest BCUT2D eigenvalue weighted by molar-refractivity contribution is 7.08. The number of nitrogens with zero attached hydrogens (tertiary/aromatic N) is 1. The molecule has 0 aliphatic heterocycles. The van der Waals surface area contributed by atoms with Crippen LogP contribution in [0.4, 0.5) is 4.39 Å². The molecule has 2 heterocycles. The molecule has 0 saturated carbocycles. The number of hydrogen-bond acceptors (Lipinski definition) is 2. The number of halogens is 1. The summed E-state index contributed by atoms with van der Waals surface area (Å²) in [5, 5.41) is 8.18. The van der Waals surface area contributed by atoms with E-state index in [9.17, 15) is 9.18 Å². The van der Waals surface area contributed by atoms with Gasteiger partial charge in [0.1, 0.15) is 12.4 Å². The first-order valence-corrected chi connectivity index (χ1v) is 9.26. The normalized spacial score (nSPS) is 11.0. The van der Waals surface area contributed by atoms with Gasteiger partial charge in [0, 0.05) is 23.6 Å². The van der Waals surface area contributed by atoms with E-state index in [1.165, 1.54) is 23.3 Å². The van der Waals surface area contributed by atoms with Gasteiger partial charge in [-0.05, 0) is 63.8 Å². The van der Waals surface area contributed by atoms with Crippen LogP contribution in [0, 0.1) is 5.82 Å². The van der Waals surface area contributed by atoms with Gasteiger partial charge in [0.2, 0.25) is 5.91 Å². The molecule has 0 radical (unpaired) electrons. The van der Waals surface area contributed by atoms with Crippen molar-refractivity contribution in [2.24, 2.45) is 0 Å². The smallest absolute Gasteiger partial charge is 0.240 e. The van der Waals surface area contributed by atoms with Crippen molar-refractivity contribution in [2.45, 2.75) is 13.1 Å². The molecule has 0 spiro atoms. The number of rotatable bonds is 5. The lowest BCUT2D eigenvalue weighted by Crippen LogP contribution is -2.26. The highest BCUT2D eigenvalue weighted by Crippen LogP contribution is 2.26. The molecule has 1 N–H and O–H groups in total. The number of fused-ring (bicyclic) bond motifs is 1. The van der Waals surface area contributed by atoms with E-state index < -0.39 is 0 Å². The van der Waals surface area contributed by atoms with Crippen molar-refractivity contribution in [2.75, 3.05) is 0 Å². The summed E-state index contributed by atoms with van der Waals surface area (Å²) in [5.41, 5.74) is 4.29. The van der Waals surface area contributed by atoms with Crippen molar-refractivity contribution in [1.29, 1.82) is 0 Å². The van der Waals surface area contributed by atoms with Crippen molar-refractivity contribution >= 4 is 28.1 Å². The molecule has 4 rings (SSSR count). The summed E-state index contributed by atoms with van der Waals surface area (Å²) in [5.74, 6) is -0.352. The summed E-state index contributed by atoms with van der Waals surface area (Å²) in [4.78, 5) is 12.2. The van der Waals surface area contributed by atoms with E-state index in [4.69, 9.17) is 0 Å². The molecule has 2 aromatic carbocycles. The fraction of sp³-hybridized carbons (Fsp3) is 0.0952. The lowest BCUT2D eigenvalue weighted by molar-refractivity contribution is -0.121. The summed E-state index contributed by atoms with van der Waals surface area (Å²) in [7, 11) is 0. The second kappa shape index (κ2) is 7.14. The summed E-state index contributed by atoms with van der Waals surface area (Å²) in [6.07, 6.45) is 1.93. The molecule has 2 aromatic heterocycles. The van der Waals surface area contributed by atoms with Crippen LogP contribution in [0.2, 0.25) is 0 Å². The maximum atomic E-state index is 12.9. The van der Waals surface area contributed by atoms with Crippen molar-refractivity contribution in [3.8, 4) is 11.1 Å². The largest absolute Gasteiger partial charge is 0.350 e. The third kappa shape index (κ3) is 3.53. The highest BCUT2D eigenvalue weighted by atomic mass is 32.1. The second-order valence-electron chi connectivity index (χ2n) is 6.13. The molecule has 4 aromatic rings. The van der Waals surface area contributed by atoms with E-state index in [1.807, 2.05) is 16.8 Å². The standard InChI is InChI=1S/C21H17FN2OS/c22-19-4-1-15(2-5-19)12-23-21(25)13-24-9-7-17-11-16(3-6-20(17)24)18-8-10-26-14-18/h1-11,14H,12-13H2,(H,23,25). The van der Waals surface area contributed by atoms with Crippen molar-refractivity contribution in [3.63, 3.8) is 0 Å². The predicted octanol–water partition coefficient (Wildman–Crippen LogP) is 4.83. The van der Waals surface area contributed by atoms with Crippen LogP contribution in [0.1, 0.15) is 5.56 Å². The van der Waals surface area contributed by atoms with Gasteiger partial charge in [-0.2, -0.15) is 11.3 Å². The van der Waals surface area contributed by atoms with Crippen LogP contribution in [0.3, 0.4) is 0 Å². The zero-order chi connectivity index (χ0) is 17.9. The third-order valence-electron chi connectivity index (χ3n) is 4.34. The zero-order valence-electron chi connectivity index (χ0n) is 14.0. The van der Waals surface area contributed by atoms with Crippen molar-refractivity contribution in [1.82, 2.24) is 9.88 Å². The average molecular weight is 364 g/mol. The molecule has 0 aliphatic rings. The number of carbonyl (C=O) groups excluding carboxylic acids is 1. The van der Waals surface area contributed by atoms with Gasteiger partial charge < -0.3 is 9.88 Å². The van der Waals surface area contributed by atoms with E-state index in [0.717, 1.165) is 16.5 Å². The SMILES string of the molecule is O=C(Cn1ccc2cc(-c3ccsc3)ccc21)NCc1ccc(F)cc1. The minimum Gasteiger partial charge on any atom is -0.350 e. The molecule has 0 bridgehead atoms. The lowest BCUT2D eigenvalue weighted by atomic mass is 10.1. The Labute approximate surface area is 154 Å². The predicted molar refractivity (Wildman–Crippen MR) is 103 cm³/mol. The Morgan fingerprint density at radius 2 is 1.88 bits per heavy atom. The van der Waals surface area contributed by atoms with E-state index in [-0.39, 0.29) is 18.3 Å². The quantitative estimate of drug-likeness (QED) is 0.541. The minimum absolute atomic E-state index is 0.0752. The van der Waals surface area contributed by atoms with Crippen LogP contribution in [-0.2, 0) is 17.9 Å². The fourth-order valence-electron chi connectivity index (χ4n) is 2.96. The van der Waals surface area contributed by atoms with Crippen molar-refractivity contribution < 1.29 is 9.18 Å². The van der Waals surface area contributed by atoms with Gasteiger partial charge >= 0.3 is 0 Å². The molecular weight excluding hydrogens is 347 g/mol. The summed E-state index contributed by atoms with van der Waals surface area (Å²) in [6.45, 7) is 0.642. The van der Waals surface area contributed by atoms with Gasteiger partial charge in [0.05, 0.1) is 0 Å². The molecule has 130 valence electrons. The maximum Gasteiger partial charge on any atom is 0.240 e. The van der Waals surface area contributed by atoms with E-state index in [0.29, 0.717) is 6.54 Å². The highest BCUT2D eigenvalue weighted by Gasteiger charge is 2.08. The molecule has 0 unspecified atom stereocenters. The summed E-state index contributed by atoms with van der Waals surface area (Å²) >= 11 is 1.68. The third-order valence-corrected chi connectivity index (χ3v) is 5.03. The fourth-order valence-corrected chi connectivity index (χ4v) is 3.62. The minimum atomic E-state index is -0.277. The topological polar surface area (TPSA) is 34.0 Å².